The van der Waals surface area contributed by atoms with Gasteiger partial charge in [0.1, 0.15) is 16.5 Å². The third-order valence-corrected chi connectivity index (χ3v) is 3.03. The highest BCUT2D eigenvalue weighted by molar-refractivity contribution is 7.13. The van der Waals surface area contributed by atoms with E-state index in [1.807, 2.05) is 0 Å². The summed E-state index contributed by atoms with van der Waals surface area (Å²) in [5.74, 6) is -0.148. The predicted molar refractivity (Wildman–Crippen MR) is 74.9 cm³/mol. The Morgan fingerprint density at radius 1 is 1.32 bits per heavy atom. The van der Waals surface area contributed by atoms with Gasteiger partial charge in [0.2, 0.25) is 5.91 Å². The van der Waals surface area contributed by atoms with Crippen molar-refractivity contribution in [1.29, 1.82) is 0 Å². The fourth-order valence-electron chi connectivity index (χ4n) is 1.09. The Hall–Kier alpha value is -2.08. The van der Waals surface area contributed by atoms with Gasteiger partial charge in [0.25, 0.3) is 0 Å². The molecule has 0 aliphatic heterocycles. The summed E-state index contributed by atoms with van der Waals surface area (Å²) < 4.78 is 0. The smallest absolute Gasteiger partial charge is 0.219 e. The minimum atomic E-state index is -0.241. The molecule has 6 heteroatoms. The number of phenolic OH excluding ortho intramolecular Hbond substituents is 2. The molecule has 0 radical (unpaired) electrons. The molecule has 0 saturated carbocycles. The molecule has 102 valence electrons. The molecular formula is C13H16N2O3S. The van der Waals surface area contributed by atoms with Crippen LogP contribution in [-0.2, 0) is 4.79 Å². The number of aromatic nitrogens is 1. The summed E-state index contributed by atoms with van der Waals surface area (Å²) >= 11 is 1.37. The largest absolute Gasteiger partial charge is 0.507 e. The molecule has 1 aromatic carbocycles. The Kier molecular flexibility index (Phi) is 5.32. The van der Waals surface area contributed by atoms with Gasteiger partial charge in [-0.25, -0.2) is 4.98 Å². The molecule has 1 aromatic heterocycles. The van der Waals surface area contributed by atoms with Gasteiger partial charge in [-0.05, 0) is 12.1 Å². The highest BCUT2D eigenvalue weighted by Gasteiger charge is 2.10. The number of benzene rings is 1. The molecule has 0 fully saturated rings. The van der Waals surface area contributed by atoms with Crippen molar-refractivity contribution in [2.24, 2.45) is 11.7 Å². The summed E-state index contributed by atoms with van der Waals surface area (Å²) in [4.78, 5) is 13.9. The number of amides is 1. The summed E-state index contributed by atoms with van der Waals surface area (Å²) in [6.07, 6.45) is 1.63. The van der Waals surface area contributed by atoms with Gasteiger partial charge in [-0.2, -0.15) is 0 Å². The van der Waals surface area contributed by atoms with Crippen LogP contribution in [0.2, 0.25) is 0 Å². The van der Waals surface area contributed by atoms with Crippen molar-refractivity contribution in [2.45, 2.75) is 13.8 Å². The van der Waals surface area contributed by atoms with Gasteiger partial charge < -0.3 is 15.9 Å². The number of carbonyl (C=O) groups is 1. The fraction of sp³-hybridized carbons (Fsp3) is 0.231. The number of phenols is 2. The topological polar surface area (TPSA) is 96.4 Å². The number of aromatic hydroxyl groups is 2. The van der Waals surface area contributed by atoms with Crippen molar-refractivity contribution >= 4 is 17.2 Å². The number of thiazole rings is 1. The maximum Gasteiger partial charge on any atom is 0.219 e. The Labute approximate surface area is 115 Å². The second-order valence-corrected chi connectivity index (χ2v) is 4.96. The summed E-state index contributed by atoms with van der Waals surface area (Å²) in [6.45, 7) is 3.53. The number of hydrogen-bond donors (Lipinski definition) is 3. The quantitative estimate of drug-likeness (QED) is 0.786. The molecule has 0 saturated heterocycles. The maximum absolute atomic E-state index is 9.92. The lowest BCUT2D eigenvalue weighted by atomic mass is 10.2. The van der Waals surface area contributed by atoms with Crippen LogP contribution in [0.4, 0.5) is 0 Å². The van der Waals surface area contributed by atoms with Gasteiger partial charge in [-0.3, -0.25) is 4.79 Å². The van der Waals surface area contributed by atoms with E-state index in [1.54, 1.807) is 31.5 Å². The Balaban J connectivity index is 0.000000258. The number of rotatable bonds is 2. The normalized spacial score (nSPS) is 9.84. The van der Waals surface area contributed by atoms with Crippen molar-refractivity contribution in [3.63, 3.8) is 0 Å². The average Bonchev–Trinajstić information content (AvgIpc) is 2.83. The van der Waals surface area contributed by atoms with E-state index < -0.39 is 0 Å². The number of nitrogens with zero attached hydrogens (tertiary/aromatic N) is 1. The van der Waals surface area contributed by atoms with Crippen LogP contribution in [0.15, 0.2) is 29.8 Å². The van der Waals surface area contributed by atoms with Gasteiger partial charge in [0.05, 0.1) is 5.56 Å². The molecular weight excluding hydrogens is 264 g/mol. The van der Waals surface area contributed by atoms with Crippen LogP contribution in [-0.4, -0.2) is 21.1 Å². The van der Waals surface area contributed by atoms with Gasteiger partial charge in [-0.1, -0.05) is 19.9 Å². The van der Waals surface area contributed by atoms with Crippen LogP contribution in [0.5, 0.6) is 11.5 Å². The zero-order valence-corrected chi connectivity index (χ0v) is 11.5. The van der Waals surface area contributed by atoms with Crippen LogP contribution < -0.4 is 5.73 Å². The maximum atomic E-state index is 9.92. The van der Waals surface area contributed by atoms with Crippen LogP contribution >= 0.6 is 11.3 Å². The molecule has 1 heterocycles. The van der Waals surface area contributed by atoms with E-state index in [0.29, 0.717) is 10.6 Å². The zero-order chi connectivity index (χ0) is 14.4. The van der Waals surface area contributed by atoms with E-state index in [1.165, 1.54) is 23.5 Å². The lowest BCUT2D eigenvalue weighted by Gasteiger charge is -2.02. The molecule has 0 bridgehead atoms. The molecule has 2 aromatic rings. The molecule has 0 unspecified atom stereocenters. The van der Waals surface area contributed by atoms with Crippen LogP contribution in [0.25, 0.3) is 10.6 Å². The average molecular weight is 280 g/mol. The van der Waals surface area contributed by atoms with Gasteiger partial charge in [0, 0.05) is 17.5 Å². The Morgan fingerprint density at radius 3 is 2.21 bits per heavy atom. The standard InChI is InChI=1S/C9H7NO2S.C4H9NO/c11-6-2-1-3-7(12)8(6)9-10-4-5-13-9;1-3(2)4(5)6/h1-5,11-12H;3H,1-2H3,(H2,5,6). The minimum Gasteiger partial charge on any atom is -0.507 e. The number of primary amides is 1. The predicted octanol–water partition coefficient (Wildman–Crippen LogP) is 2.35. The summed E-state index contributed by atoms with van der Waals surface area (Å²) in [7, 11) is 0. The first kappa shape index (κ1) is 15.0. The third-order valence-electron chi connectivity index (χ3n) is 2.24. The van der Waals surface area contributed by atoms with Gasteiger partial charge >= 0.3 is 0 Å². The Morgan fingerprint density at radius 2 is 1.84 bits per heavy atom. The second-order valence-electron chi connectivity index (χ2n) is 4.07. The lowest BCUT2D eigenvalue weighted by molar-refractivity contribution is -0.120. The third kappa shape index (κ3) is 4.26. The highest BCUT2D eigenvalue weighted by Crippen LogP contribution is 2.37. The molecule has 1 amide bonds. The molecule has 0 aliphatic rings. The highest BCUT2D eigenvalue weighted by atomic mass is 32.1. The minimum absolute atomic E-state index is 0.00926. The van der Waals surface area contributed by atoms with Crippen molar-refractivity contribution < 1.29 is 15.0 Å². The molecule has 0 atom stereocenters. The summed E-state index contributed by atoms with van der Waals surface area (Å²) in [5.41, 5.74) is 5.20. The monoisotopic (exact) mass is 280 g/mol. The Bertz CT molecular complexity index is 519. The van der Waals surface area contributed by atoms with Crippen LogP contribution in [0, 0.1) is 5.92 Å². The van der Waals surface area contributed by atoms with Crippen molar-refractivity contribution in [1.82, 2.24) is 4.98 Å². The number of nitrogens with two attached hydrogens (primary N) is 1. The van der Waals surface area contributed by atoms with E-state index in [-0.39, 0.29) is 23.3 Å². The van der Waals surface area contributed by atoms with Gasteiger partial charge in [-0.15, -0.1) is 11.3 Å². The molecule has 19 heavy (non-hydrogen) atoms. The van der Waals surface area contributed by atoms with E-state index in [2.05, 4.69) is 4.98 Å². The second kappa shape index (κ2) is 6.75. The molecule has 4 N–H and O–H groups in total. The summed E-state index contributed by atoms with van der Waals surface area (Å²) in [6, 6.07) is 4.63. The molecule has 5 nitrogen and oxygen atoms in total. The molecule has 0 aliphatic carbocycles. The van der Waals surface area contributed by atoms with E-state index in [9.17, 15) is 15.0 Å². The van der Waals surface area contributed by atoms with Crippen molar-refractivity contribution in [3.8, 4) is 22.1 Å². The SMILES string of the molecule is CC(C)C(N)=O.Oc1cccc(O)c1-c1nccs1. The van der Waals surface area contributed by atoms with Crippen LogP contribution in [0.1, 0.15) is 13.8 Å². The van der Waals surface area contributed by atoms with Crippen molar-refractivity contribution in [2.75, 3.05) is 0 Å². The summed E-state index contributed by atoms with van der Waals surface area (Å²) in [5, 5.41) is 21.4. The number of hydrogen-bond acceptors (Lipinski definition) is 5. The number of carbonyl (C=O) groups excluding carboxylic acids is 1. The van der Waals surface area contributed by atoms with Crippen LogP contribution in [0.3, 0.4) is 0 Å². The fourth-order valence-corrected chi connectivity index (χ4v) is 1.79. The van der Waals surface area contributed by atoms with E-state index >= 15 is 0 Å². The zero-order valence-electron chi connectivity index (χ0n) is 10.7. The first-order chi connectivity index (χ1) is 8.93. The van der Waals surface area contributed by atoms with Gasteiger partial charge in [0.15, 0.2) is 0 Å². The van der Waals surface area contributed by atoms with Crippen molar-refractivity contribution in [3.05, 3.63) is 29.8 Å². The van der Waals surface area contributed by atoms with E-state index in [0.717, 1.165) is 0 Å². The first-order valence-corrected chi connectivity index (χ1v) is 6.51. The molecule has 2 rings (SSSR count). The molecule has 0 spiro atoms. The lowest BCUT2D eigenvalue weighted by Crippen LogP contribution is -2.17. The van der Waals surface area contributed by atoms with E-state index in [4.69, 9.17) is 5.73 Å². The first-order valence-electron chi connectivity index (χ1n) is 5.63.